The molecule has 0 aliphatic rings. The van der Waals surface area contributed by atoms with Crippen molar-refractivity contribution in [3.05, 3.63) is 0 Å². The van der Waals surface area contributed by atoms with E-state index in [0.29, 0.717) is 0 Å². The van der Waals surface area contributed by atoms with E-state index in [1.54, 1.807) is 18.4 Å². The van der Waals surface area contributed by atoms with Gasteiger partial charge in [-0.1, -0.05) is 32.2 Å². The molecule has 0 bridgehead atoms. The molecule has 0 rings (SSSR count). The molecular formula is C7H17O2PS2. The second kappa shape index (κ2) is 4.94. The Hall–Kier alpha value is 0.890. The van der Waals surface area contributed by atoms with E-state index < -0.39 is 6.57 Å². The van der Waals surface area contributed by atoms with Crippen molar-refractivity contribution in [1.82, 2.24) is 0 Å². The first-order chi connectivity index (χ1) is 5.27. The topological polar surface area (TPSA) is 26.3 Å². The molecule has 0 saturated heterocycles. The zero-order chi connectivity index (χ0) is 9.83. The Balaban J connectivity index is 3.65. The fourth-order valence-corrected chi connectivity index (χ4v) is 5.36. The SMILES string of the molecule is COP(C)(=O)SCSC(C)(C)C. The monoisotopic (exact) mass is 228 g/mol. The van der Waals surface area contributed by atoms with E-state index in [4.69, 9.17) is 4.52 Å². The Bertz CT molecular complexity index is 177. The molecule has 1 atom stereocenters. The molecule has 0 aromatic carbocycles. The van der Waals surface area contributed by atoms with Gasteiger partial charge in [0.25, 0.3) is 6.57 Å². The van der Waals surface area contributed by atoms with Gasteiger partial charge >= 0.3 is 0 Å². The van der Waals surface area contributed by atoms with Crippen LogP contribution in [0.25, 0.3) is 0 Å². The third-order valence-corrected chi connectivity index (χ3v) is 6.81. The first-order valence-electron chi connectivity index (χ1n) is 3.68. The summed E-state index contributed by atoms with van der Waals surface area (Å²) in [5, 5.41) is 0.825. The van der Waals surface area contributed by atoms with E-state index in [2.05, 4.69) is 20.8 Å². The third kappa shape index (κ3) is 7.53. The third-order valence-electron chi connectivity index (χ3n) is 1.11. The van der Waals surface area contributed by atoms with Crippen LogP contribution in [0.3, 0.4) is 0 Å². The molecule has 0 amide bonds. The van der Waals surface area contributed by atoms with E-state index >= 15 is 0 Å². The Kier molecular flexibility index (Phi) is 5.31. The number of thioether (sulfide) groups is 1. The van der Waals surface area contributed by atoms with E-state index in [-0.39, 0.29) is 4.75 Å². The minimum absolute atomic E-state index is 0.237. The van der Waals surface area contributed by atoms with E-state index in [9.17, 15) is 4.57 Å². The van der Waals surface area contributed by atoms with Gasteiger partial charge in [-0.2, -0.15) is 0 Å². The van der Waals surface area contributed by atoms with Crippen LogP contribution in [-0.2, 0) is 9.09 Å². The van der Waals surface area contributed by atoms with Gasteiger partial charge < -0.3 is 4.52 Å². The van der Waals surface area contributed by atoms with Gasteiger partial charge in [-0.25, -0.2) is 0 Å². The zero-order valence-corrected chi connectivity index (χ0v) is 10.8. The Morgan fingerprint density at radius 2 is 1.92 bits per heavy atom. The summed E-state index contributed by atoms with van der Waals surface area (Å²) in [6.07, 6.45) is 0. The molecule has 0 aromatic rings. The summed E-state index contributed by atoms with van der Waals surface area (Å²) in [5.41, 5.74) is 0. The fraction of sp³-hybridized carbons (Fsp3) is 1.00. The van der Waals surface area contributed by atoms with Gasteiger partial charge in [0, 0.05) is 23.6 Å². The molecule has 0 fully saturated rings. The maximum absolute atomic E-state index is 11.4. The lowest BCUT2D eigenvalue weighted by Gasteiger charge is -2.18. The fourth-order valence-electron chi connectivity index (χ4n) is 0.352. The van der Waals surface area contributed by atoms with Gasteiger partial charge in [-0.05, 0) is 0 Å². The molecule has 0 aromatic heterocycles. The Morgan fingerprint density at radius 1 is 1.42 bits per heavy atom. The van der Waals surface area contributed by atoms with E-state index in [0.717, 1.165) is 5.08 Å². The summed E-state index contributed by atoms with van der Waals surface area (Å²) in [6.45, 7) is 5.72. The first kappa shape index (κ1) is 12.9. The maximum Gasteiger partial charge on any atom is 0.255 e. The van der Waals surface area contributed by atoms with Crippen LogP contribution >= 0.6 is 29.7 Å². The number of hydrogen-bond acceptors (Lipinski definition) is 4. The van der Waals surface area contributed by atoms with Crippen LogP contribution < -0.4 is 0 Å². The average molecular weight is 228 g/mol. The van der Waals surface area contributed by atoms with Gasteiger partial charge in [0.05, 0.1) is 0 Å². The predicted octanol–water partition coefficient (Wildman–Crippen LogP) is 3.68. The molecule has 12 heavy (non-hydrogen) atoms. The molecule has 0 N–H and O–H groups in total. The van der Waals surface area contributed by atoms with Crippen LogP contribution in [0.5, 0.6) is 0 Å². The van der Waals surface area contributed by atoms with Crippen molar-refractivity contribution in [1.29, 1.82) is 0 Å². The largest absolute Gasteiger partial charge is 0.325 e. The average Bonchev–Trinajstić information content (AvgIpc) is 1.84. The lowest BCUT2D eigenvalue weighted by atomic mass is 10.3. The minimum atomic E-state index is -2.36. The highest BCUT2D eigenvalue weighted by molar-refractivity contribution is 8.58. The van der Waals surface area contributed by atoms with Crippen molar-refractivity contribution in [3.63, 3.8) is 0 Å². The maximum atomic E-state index is 11.4. The second-order valence-electron chi connectivity index (χ2n) is 3.46. The molecule has 0 saturated carbocycles. The van der Waals surface area contributed by atoms with Crippen LogP contribution in [-0.4, -0.2) is 23.6 Å². The molecule has 74 valence electrons. The molecule has 2 nitrogen and oxygen atoms in total. The highest BCUT2D eigenvalue weighted by Crippen LogP contribution is 2.57. The Morgan fingerprint density at radius 3 is 2.25 bits per heavy atom. The summed E-state index contributed by atoms with van der Waals surface area (Å²) in [6, 6.07) is 0. The lowest BCUT2D eigenvalue weighted by molar-refractivity contribution is 0.414. The lowest BCUT2D eigenvalue weighted by Crippen LogP contribution is -2.06. The molecule has 0 aliphatic heterocycles. The van der Waals surface area contributed by atoms with Gasteiger partial charge in [0.2, 0.25) is 0 Å². The van der Waals surface area contributed by atoms with Crippen molar-refractivity contribution in [2.45, 2.75) is 25.5 Å². The molecule has 0 heterocycles. The van der Waals surface area contributed by atoms with E-state index in [1.807, 2.05) is 0 Å². The zero-order valence-electron chi connectivity index (χ0n) is 8.29. The van der Waals surface area contributed by atoms with Crippen molar-refractivity contribution in [3.8, 4) is 0 Å². The summed E-state index contributed by atoms with van der Waals surface area (Å²) >= 11 is 3.19. The molecule has 5 heteroatoms. The highest BCUT2D eigenvalue weighted by Gasteiger charge is 2.17. The summed E-state index contributed by atoms with van der Waals surface area (Å²) in [5.74, 6) is 0. The minimum Gasteiger partial charge on any atom is -0.325 e. The second-order valence-corrected chi connectivity index (χ2v) is 10.8. The van der Waals surface area contributed by atoms with Crippen molar-refractivity contribution < 1.29 is 9.09 Å². The molecule has 0 aliphatic carbocycles. The van der Waals surface area contributed by atoms with Crippen LogP contribution in [0.2, 0.25) is 0 Å². The van der Waals surface area contributed by atoms with Crippen LogP contribution in [0, 0.1) is 0 Å². The van der Waals surface area contributed by atoms with E-state index in [1.165, 1.54) is 18.5 Å². The first-order valence-corrected chi connectivity index (χ1v) is 8.33. The van der Waals surface area contributed by atoms with Crippen LogP contribution in [0.4, 0.5) is 0 Å². The number of hydrogen-bond donors (Lipinski definition) is 0. The van der Waals surface area contributed by atoms with Gasteiger partial charge in [-0.3, -0.25) is 4.57 Å². The quantitative estimate of drug-likeness (QED) is 0.541. The normalized spacial score (nSPS) is 17.4. The van der Waals surface area contributed by atoms with Gasteiger partial charge in [0.1, 0.15) is 0 Å². The predicted molar refractivity (Wildman–Crippen MR) is 60.3 cm³/mol. The summed E-state index contributed by atoms with van der Waals surface area (Å²) in [4.78, 5) is 0. The Labute approximate surface area is 83.4 Å². The molecule has 0 radical (unpaired) electrons. The van der Waals surface area contributed by atoms with Gasteiger partial charge in [-0.15, -0.1) is 11.8 Å². The standard InChI is InChI=1S/C7H17O2PS2/c1-7(2,3)11-6-12-10(5,8)9-4/h6H2,1-5H3. The van der Waals surface area contributed by atoms with Crippen LogP contribution in [0.1, 0.15) is 20.8 Å². The van der Waals surface area contributed by atoms with Crippen molar-refractivity contribution >= 4 is 29.7 Å². The van der Waals surface area contributed by atoms with Gasteiger partial charge in [0.15, 0.2) is 0 Å². The van der Waals surface area contributed by atoms with Crippen molar-refractivity contribution in [2.24, 2.45) is 0 Å². The summed E-state index contributed by atoms with van der Waals surface area (Å²) < 4.78 is 16.5. The van der Waals surface area contributed by atoms with Crippen LogP contribution in [0.15, 0.2) is 0 Å². The summed E-state index contributed by atoms with van der Waals surface area (Å²) in [7, 11) is 1.50. The molecular weight excluding hydrogens is 211 g/mol. The van der Waals surface area contributed by atoms with Crippen molar-refractivity contribution in [2.75, 3.05) is 18.9 Å². The molecule has 1 unspecified atom stereocenters. The number of rotatable bonds is 4. The smallest absolute Gasteiger partial charge is 0.255 e. The molecule has 0 spiro atoms. The highest BCUT2D eigenvalue weighted by atomic mass is 32.7.